The fourth-order valence-electron chi connectivity index (χ4n) is 3.35. The minimum absolute atomic E-state index is 0.802. The zero-order valence-corrected chi connectivity index (χ0v) is 12.3. The molecule has 2 atom stereocenters. The third-order valence-electron chi connectivity index (χ3n) is 4.82. The first kappa shape index (κ1) is 14.3. The summed E-state index contributed by atoms with van der Waals surface area (Å²) in [5.41, 5.74) is 0. The third-order valence-corrected chi connectivity index (χ3v) is 4.82. The van der Waals surface area contributed by atoms with Crippen molar-refractivity contribution in [3.8, 4) is 0 Å². The van der Waals surface area contributed by atoms with Gasteiger partial charge in [-0.2, -0.15) is 0 Å². The smallest absolute Gasteiger partial charge is 0.0110 e. The minimum Gasteiger partial charge on any atom is -0.313 e. The summed E-state index contributed by atoms with van der Waals surface area (Å²) in [7, 11) is 2.22. The molecule has 1 aliphatic carbocycles. The molecule has 0 amide bonds. The highest BCUT2D eigenvalue weighted by molar-refractivity contribution is 4.78. The molecular weight excluding hydrogens is 222 g/mol. The van der Waals surface area contributed by atoms with Gasteiger partial charge in [0.25, 0.3) is 0 Å². The van der Waals surface area contributed by atoms with Crippen LogP contribution in [0.2, 0.25) is 0 Å². The zero-order chi connectivity index (χ0) is 12.8. The predicted molar refractivity (Wildman–Crippen MR) is 78.0 cm³/mol. The van der Waals surface area contributed by atoms with Crippen molar-refractivity contribution in [3.05, 3.63) is 0 Å². The molecule has 0 aromatic carbocycles. The first-order valence-corrected chi connectivity index (χ1v) is 7.92. The summed E-state index contributed by atoms with van der Waals surface area (Å²) in [6.45, 7) is 9.74. The Morgan fingerprint density at radius 1 is 1.11 bits per heavy atom. The topological polar surface area (TPSA) is 18.5 Å². The van der Waals surface area contributed by atoms with Crippen molar-refractivity contribution < 1.29 is 0 Å². The molecule has 0 bridgehead atoms. The van der Waals surface area contributed by atoms with E-state index in [4.69, 9.17) is 0 Å². The van der Waals surface area contributed by atoms with Gasteiger partial charge in [-0.3, -0.25) is 4.90 Å². The molecule has 1 saturated carbocycles. The van der Waals surface area contributed by atoms with Gasteiger partial charge in [0, 0.05) is 45.3 Å². The van der Waals surface area contributed by atoms with Crippen molar-refractivity contribution in [1.82, 2.24) is 15.1 Å². The largest absolute Gasteiger partial charge is 0.313 e. The highest BCUT2D eigenvalue weighted by atomic mass is 15.2. The maximum absolute atomic E-state index is 3.79. The molecule has 2 aliphatic rings. The maximum Gasteiger partial charge on any atom is 0.0110 e. The summed E-state index contributed by atoms with van der Waals surface area (Å²) >= 11 is 0. The molecule has 0 aromatic rings. The van der Waals surface area contributed by atoms with Gasteiger partial charge in [0.05, 0.1) is 0 Å². The van der Waals surface area contributed by atoms with Crippen molar-refractivity contribution in [2.24, 2.45) is 5.92 Å². The first-order valence-electron chi connectivity index (χ1n) is 7.92. The third kappa shape index (κ3) is 4.52. The average Bonchev–Trinajstić information content (AvgIpc) is 2.41. The highest BCUT2D eigenvalue weighted by Gasteiger charge is 2.20. The molecule has 0 spiro atoms. The van der Waals surface area contributed by atoms with E-state index in [9.17, 15) is 0 Å². The fraction of sp³-hybridized carbons (Fsp3) is 1.00. The molecule has 3 heteroatoms. The van der Waals surface area contributed by atoms with E-state index in [1.165, 1.54) is 71.4 Å². The van der Waals surface area contributed by atoms with Gasteiger partial charge in [-0.15, -0.1) is 0 Å². The molecule has 0 radical (unpaired) electrons. The van der Waals surface area contributed by atoms with Gasteiger partial charge in [0.1, 0.15) is 0 Å². The van der Waals surface area contributed by atoms with Crippen LogP contribution in [-0.4, -0.2) is 62.2 Å². The van der Waals surface area contributed by atoms with Crippen LogP contribution in [0.5, 0.6) is 0 Å². The van der Waals surface area contributed by atoms with Crippen LogP contribution in [0.1, 0.15) is 39.0 Å². The van der Waals surface area contributed by atoms with Crippen LogP contribution in [0.4, 0.5) is 0 Å². The fourth-order valence-corrected chi connectivity index (χ4v) is 3.35. The summed E-state index contributed by atoms with van der Waals surface area (Å²) in [5, 5.41) is 3.79. The van der Waals surface area contributed by atoms with Gasteiger partial charge in [0.2, 0.25) is 0 Å². The number of hydrogen-bond acceptors (Lipinski definition) is 3. The van der Waals surface area contributed by atoms with Gasteiger partial charge >= 0.3 is 0 Å². The molecule has 3 nitrogen and oxygen atoms in total. The molecular formula is C15H31N3. The Balaban J connectivity index is 1.57. The molecule has 0 aromatic heterocycles. The Kier molecular flexibility index (Phi) is 5.93. The average molecular weight is 253 g/mol. The lowest BCUT2D eigenvalue weighted by molar-refractivity contribution is 0.151. The Morgan fingerprint density at radius 3 is 2.61 bits per heavy atom. The van der Waals surface area contributed by atoms with E-state index >= 15 is 0 Å². The van der Waals surface area contributed by atoms with Gasteiger partial charge in [-0.05, 0) is 25.8 Å². The van der Waals surface area contributed by atoms with Crippen LogP contribution in [0.3, 0.4) is 0 Å². The first-order chi connectivity index (χ1) is 8.78. The van der Waals surface area contributed by atoms with E-state index in [1.54, 1.807) is 0 Å². The van der Waals surface area contributed by atoms with Crippen molar-refractivity contribution in [2.45, 2.75) is 45.1 Å². The Bertz CT molecular complexity index is 224. The number of nitrogens with zero attached hydrogens (tertiary/aromatic N) is 2. The second-order valence-corrected chi connectivity index (χ2v) is 6.24. The van der Waals surface area contributed by atoms with E-state index in [2.05, 4.69) is 29.1 Å². The van der Waals surface area contributed by atoms with E-state index in [0.29, 0.717) is 0 Å². The highest BCUT2D eigenvalue weighted by Crippen LogP contribution is 2.26. The number of hydrogen-bond donors (Lipinski definition) is 1. The Labute approximate surface area is 113 Å². The molecule has 2 rings (SSSR count). The number of likely N-dealkylation sites (N-methyl/N-ethyl adjacent to an activating group) is 1. The van der Waals surface area contributed by atoms with E-state index < -0.39 is 0 Å². The Hall–Kier alpha value is -0.120. The van der Waals surface area contributed by atoms with Gasteiger partial charge in [-0.1, -0.05) is 26.2 Å². The van der Waals surface area contributed by atoms with Crippen LogP contribution < -0.4 is 5.32 Å². The standard InChI is InChI=1S/C15H31N3/c1-3-14-5-4-6-15(13-14)16-7-8-18-11-9-17(2)10-12-18/h14-16H,3-13H2,1-2H3. The molecule has 1 N–H and O–H groups in total. The second kappa shape index (κ2) is 7.46. The van der Waals surface area contributed by atoms with E-state index in [-0.39, 0.29) is 0 Å². The lowest BCUT2D eigenvalue weighted by Crippen LogP contribution is -2.47. The number of piperazine rings is 1. The predicted octanol–water partition coefficient (Wildman–Crippen LogP) is 1.79. The van der Waals surface area contributed by atoms with Crippen molar-refractivity contribution in [1.29, 1.82) is 0 Å². The zero-order valence-electron chi connectivity index (χ0n) is 12.3. The molecule has 2 fully saturated rings. The van der Waals surface area contributed by atoms with Crippen molar-refractivity contribution >= 4 is 0 Å². The molecule has 18 heavy (non-hydrogen) atoms. The summed E-state index contributed by atoms with van der Waals surface area (Å²) in [4.78, 5) is 5.03. The minimum atomic E-state index is 0.802. The van der Waals surface area contributed by atoms with Crippen LogP contribution in [0.15, 0.2) is 0 Å². The van der Waals surface area contributed by atoms with Gasteiger partial charge in [-0.25, -0.2) is 0 Å². The van der Waals surface area contributed by atoms with Crippen LogP contribution in [-0.2, 0) is 0 Å². The van der Waals surface area contributed by atoms with Crippen LogP contribution in [0, 0.1) is 5.92 Å². The molecule has 2 unspecified atom stereocenters. The Morgan fingerprint density at radius 2 is 1.89 bits per heavy atom. The van der Waals surface area contributed by atoms with Crippen LogP contribution >= 0.6 is 0 Å². The summed E-state index contributed by atoms with van der Waals surface area (Å²) < 4.78 is 0. The lowest BCUT2D eigenvalue weighted by atomic mass is 9.84. The quantitative estimate of drug-likeness (QED) is 0.806. The van der Waals surface area contributed by atoms with Gasteiger partial charge < -0.3 is 10.2 Å². The summed E-state index contributed by atoms with van der Waals surface area (Å²) in [6.07, 6.45) is 7.09. The second-order valence-electron chi connectivity index (χ2n) is 6.24. The number of rotatable bonds is 5. The van der Waals surface area contributed by atoms with E-state index in [1.807, 2.05) is 0 Å². The normalized spacial score (nSPS) is 31.7. The summed E-state index contributed by atoms with van der Waals surface area (Å²) in [6, 6.07) is 0.802. The molecule has 1 heterocycles. The van der Waals surface area contributed by atoms with Gasteiger partial charge in [0.15, 0.2) is 0 Å². The van der Waals surface area contributed by atoms with Crippen molar-refractivity contribution in [3.63, 3.8) is 0 Å². The summed E-state index contributed by atoms with van der Waals surface area (Å²) in [5.74, 6) is 0.986. The maximum atomic E-state index is 3.79. The number of nitrogens with one attached hydrogen (secondary N) is 1. The molecule has 106 valence electrons. The van der Waals surface area contributed by atoms with Crippen molar-refractivity contribution in [2.75, 3.05) is 46.3 Å². The molecule has 1 aliphatic heterocycles. The van der Waals surface area contributed by atoms with E-state index in [0.717, 1.165) is 12.0 Å². The van der Waals surface area contributed by atoms with Crippen LogP contribution in [0.25, 0.3) is 0 Å². The monoisotopic (exact) mass is 253 g/mol. The SMILES string of the molecule is CCC1CCCC(NCCN2CCN(C)CC2)C1. The molecule has 1 saturated heterocycles. The lowest BCUT2D eigenvalue weighted by Gasteiger charge is -2.34.